The predicted molar refractivity (Wildman–Crippen MR) is 91.0 cm³/mol. The molecule has 0 unspecified atom stereocenters. The zero-order chi connectivity index (χ0) is 16.5. The summed E-state index contributed by atoms with van der Waals surface area (Å²) in [7, 11) is 0. The van der Waals surface area contributed by atoms with E-state index in [1.807, 2.05) is 23.1 Å². The standard InChI is InChI=1S/C19H19N3O2/c1-19(6-7-19)18(24)22-8-5-11-14(10-22)21-13-4-2-3-12-15(23)9-20-17(11)16(12)13/h2-4,20H,5-10H2,1H3. The number of amides is 1. The Morgan fingerprint density at radius 2 is 2.17 bits per heavy atom. The van der Waals surface area contributed by atoms with Gasteiger partial charge in [-0.2, -0.15) is 0 Å². The highest BCUT2D eigenvalue weighted by Gasteiger charge is 2.47. The van der Waals surface area contributed by atoms with E-state index in [9.17, 15) is 9.59 Å². The Kier molecular flexibility index (Phi) is 2.65. The molecule has 1 aromatic heterocycles. The summed E-state index contributed by atoms with van der Waals surface area (Å²) in [6, 6.07) is 5.72. The zero-order valence-electron chi connectivity index (χ0n) is 13.7. The molecule has 0 bridgehead atoms. The molecule has 122 valence electrons. The summed E-state index contributed by atoms with van der Waals surface area (Å²) in [6.45, 7) is 3.71. The third-order valence-electron chi connectivity index (χ3n) is 5.70. The third kappa shape index (κ3) is 1.84. The van der Waals surface area contributed by atoms with Crippen LogP contribution in [0.3, 0.4) is 0 Å². The van der Waals surface area contributed by atoms with Gasteiger partial charge in [-0.15, -0.1) is 0 Å². The number of carbonyl (C=O) groups excluding carboxylic acids is 2. The van der Waals surface area contributed by atoms with E-state index in [1.54, 1.807) is 0 Å². The summed E-state index contributed by atoms with van der Waals surface area (Å²) >= 11 is 0. The van der Waals surface area contributed by atoms with Gasteiger partial charge in [-0.25, -0.2) is 0 Å². The molecule has 1 amide bonds. The fraction of sp³-hybridized carbons (Fsp3) is 0.421. The molecular weight excluding hydrogens is 302 g/mol. The molecular formula is C19H19N3O2. The lowest BCUT2D eigenvalue weighted by Crippen LogP contribution is -2.40. The molecule has 2 aliphatic heterocycles. The van der Waals surface area contributed by atoms with Crippen molar-refractivity contribution in [3.05, 3.63) is 35.0 Å². The van der Waals surface area contributed by atoms with E-state index < -0.39 is 0 Å². The van der Waals surface area contributed by atoms with Crippen LogP contribution >= 0.6 is 0 Å². The number of rotatable bonds is 1. The minimum absolute atomic E-state index is 0.115. The number of ketones is 1. The minimum Gasteiger partial charge on any atom is -0.377 e. The maximum atomic E-state index is 12.7. The third-order valence-corrected chi connectivity index (χ3v) is 5.70. The van der Waals surface area contributed by atoms with Crippen molar-refractivity contribution in [3.63, 3.8) is 0 Å². The molecule has 1 saturated carbocycles. The van der Waals surface area contributed by atoms with Crippen LogP contribution < -0.4 is 5.32 Å². The lowest BCUT2D eigenvalue weighted by Gasteiger charge is -2.33. The molecule has 0 spiro atoms. The normalized spacial score (nSPS) is 20.5. The number of anilines is 1. The Bertz CT molecular complexity index is 914. The predicted octanol–water partition coefficient (Wildman–Crippen LogP) is 2.53. The number of Topliss-reactive ketones (excluding diaryl/α,β-unsaturated/α-hetero) is 1. The van der Waals surface area contributed by atoms with Gasteiger partial charge in [0.05, 0.1) is 24.3 Å². The van der Waals surface area contributed by atoms with Gasteiger partial charge < -0.3 is 10.2 Å². The highest BCUT2D eigenvalue weighted by atomic mass is 16.2. The molecule has 5 heteroatoms. The van der Waals surface area contributed by atoms with E-state index in [0.717, 1.165) is 53.7 Å². The Morgan fingerprint density at radius 3 is 2.96 bits per heavy atom. The summed E-state index contributed by atoms with van der Waals surface area (Å²) in [5.74, 6) is 0.379. The Labute approximate surface area is 140 Å². The van der Waals surface area contributed by atoms with Crippen molar-refractivity contribution in [1.29, 1.82) is 0 Å². The molecule has 5 nitrogen and oxygen atoms in total. The smallest absolute Gasteiger partial charge is 0.228 e. The van der Waals surface area contributed by atoms with Crippen LogP contribution in [0.2, 0.25) is 0 Å². The number of nitrogens with one attached hydrogen (secondary N) is 1. The summed E-state index contributed by atoms with van der Waals surface area (Å²) in [4.78, 5) is 31.6. The van der Waals surface area contributed by atoms with Crippen LogP contribution in [0.15, 0.2) is 18.2 Å². The lowest BCUT2D eigenvalue weighted by atomic mass is 9.92. The van der Waals surface area contributed by atoms with E-state index in [2.05, 4.69) is 12.2 Å². The van der Waals surface area contributed by atoms with E-state index in [-0.39, 0.29) is 17.1 Å². The second-order valence-electron chi connectivity index (χ2n) is 7.43. The van der Waals surface area contributed by atoms with Gasteiger partial charge in [-0.05, 0) is 25.3 Å². The number of fused-ring (bicyclic) bond motifs is 2. The average Bonchev–Trinajstić information content (AvgIpc) is 3.35. The van der Waals surface area contributed by atoms with Crippen LogP contribution in [0.5, 0.6) is 0 Å². The van der Waals surface area contributed by atoms with Crippen LogP contribution in [-0.2, 0) is 17.8 Å². The monoisotopic (exact) mass is 321 g/mol. The van der Waals surface area contributed by atoms with Crippen molar-refractivity contribution in [2.75, 3.05) is 18.4 Å². The fourth-order valence-electron chi connectivity index (χ4n) is 3.96. The molecule has 5 rings (SSSR count). The second-order valence-corrected chi connectivity index (χ2v) is 7.43. The van der Waals surface area contributed by atoms with Gasteiger partial charge in [-0.1, -0.05) is 19.1 Å². The van der Waals surface area contributed by atoms with Crippen molar-refractivity contribution in [2.24, 2.45) is 5.41 Å². The summed E-state index contributed by atoms with van der Waals surface area (Å²) in [5.41, 5.74) is 4.66. The van der Waals surface area contributed by atoms with Crippen molar-refractivity contribution in [1.82, 2.24) is 9.88 Å². The summed E-state index contributed by atoms with van der Waals surface area (Å²) in [6.07, 6.45) is 2.79. The van der Waals surface area contributed by atoms with Gasteiger partial charge in [0.25, 0.3) is 0 Å². The van der Waals surface area contributed by atoms with E-state index in [0.29, 0.717) is 13.1 Å². The molecule has 0 saturated heterocycles. The van der Waals surface area contributed by atoms with E-state index in [4.69, 9.17) is 4.98 Å². The number of pyridine rings is 1. The zero-order valence-corrected chi connectivity index (χ0v) is 13.7. The number of hydrogen-bond donors (Lipinski definition) is 1. The van der Waals surface area contributed by atoms with Crippen molar-refractivity contribution in [2.45, 2.75) is 32.7 Å². The van der Waals surface area contributed by atoms with Crippen molar-refractivity contribution < 1.29 is 9.59 Å². The van der Waals surface area contributed by atoms with Crippen LogP contribution in [0.25, 0.3) is 10.9 Å². The molecule has 3 aliphatic rings. The van der Waals surface area contributed by atoms with Gasteiger partial charge in [-0.3, -0.25) is 14.6 Å². The maximum absolute atomic E-state index is 12.7. The number of aromatic nitrogens is 1. The molecule has 1 N–H and O–H groups in total. The Hall–Kier alpha value is -2.43. The van der Waals surface area contributed by atoms with E-state index in [1.165, 1.54) is 5.56 Å². The second kappa shape index (κ2) is 4.56. The number of hydrogen-bond acceptors (Lipinski definition) is 4. The molecule has 2 aromatic rings. The summed E-state index contributed by atoms with van der Waals surface area (Å²) in [5, 5.41) is 4.24. The maximum Gasteiger partial charge on any atom is 0.228 e. The number of nitrogens with zero attached hydrogens (tertiary/aromatic N) is 2. The molecule has 24 heavy (non-hydrogen) atoms. The highest BCUT2D eigenvalue weighted by molar-refractivity contribution is 6.16. The molecule has 0 radical (unpaired) electrons. The Balaban J connectivity index is 1.62. The van der Waals surface area contributed by atoms with Gasteiger partial charge in [0.15, 0.2) is 5.78 Å². The Morgan fingerprint density at radius 1 is 1.33 bits per heavy atom. The molecule has 3 heterocycles. The minimum atomic E-state index is -0.138. The van der Waals surface area contributed by atoms with Gasteiger partial charge >= 0.3 is 0 Å². The SMILES string of the molecule is CC1(C(=O)N2CCc3c(nc4cccc5c4c3NCC5=O)C2)CC1. The molecule has 1 aromatic carbocycles. The largest absolute Gasteiger partial charge is 0.377 e. The average molecular weight is 321 g/mol. The van der Waals surface area contributed by atoms with Crippen LogP contribution in [0.1, 0.15) is 41.4 Å². The van der Waals surface area contributed by atoms with E-state index >= 15 is 0 Å². The summed E-state index contributed by atoms with van der Waals surface area (Å²) < 4.78 is 0. The van der Waals surface area contributed by atoms with Crippen LogP contribution in [0.4, 0.5) is 5.69 Å². The lowest BCUT2D eigenvalue weighted by molar-refractivity contribution is -0.137. The quantitative estimate of drug-likeness (QED) is 0.877. The molecule has 0 atom stereocenters. The van der Waals surface area contributed by atoms with Crippen molar-refractivity contribution in [3.8, 4) is 0 Å². The fourth-order valence-corrected chi connectivity index (χ4v) is 3.96. The van der Waals surface area contributed by atoms with Crippen LogP contribution in [0, 0.1) is 5.41 Å². The topological polar surface area (TPSA) is 62.3 Å². The van der Waals surface area contributed by atoms with Gasteiger partial charge in [0, 0.05) is 34.2 Å². The van der Waals surface area contributed by atoms with Gasteiger partial charge in [0.1, 0.15) is 0 Å². The van der Waals surface area contributed by atoms with Crippen molar-refractivity contribution >= 4 is 28.3 Å². The first kappa shape index (κ1) is 14.0. The first-order valence-corrected chi connectivity index (χ1v) is 8.58. The first-order chi connectivity index (χ1) is 11.6. The molecule has 1 fully saturated rings. The first-order valence-electron chi connectivity index (χ1n) is 8.58. The number of carbonyl (C=O) groups is 2. The van der Waals surface area contributed by atoms with Crippen LogP contribution in [-0.4, -0.2) is 34.7 Å². The number of benzene rings is 1. The molecule has 1 aliphatic carbocycles. The van der Waals surface area contributed by atoms with Gasteiger partial charge in [0.2, 0.25) is 5.91 Å². The highest BCUT2D eigenvalue weighted by Crippen LogP contribution is 2.47.